The van der Waals surface area contributed by atoms with Crippen molar-refractivity contribution < 1.29 is 4.74 Å². The quantitative estimate of drug-likeness (QED) is 0.498. The van der Waals surface area contributed by atoms with Gasteiger partial charge in [0.2, 0.25) is 5.88 Å². The molecule has 1 aliphatic rings. The van der Waals surface area contributed by atoms with Crippen molar-refractivity contribution in [3.8, 4) is 17.3 Å². The highest BCUT2D eigenvalue weighted by Gasteiger charge is 2.23. The molecule has 0 saturated carbocycles. The Labute approximate surface area is 180 Å². The smallest absolute Gasteiger partial charge is 0.226 e. The van der Waals surface area contributed by atoms with Crippen molar-refractivity contribution in [2.75, 3.05) is 6.61 Å². The minimum Gasteiger partial charge on any atom is -0.475 e. The molecular weight excluding hydrogens is 392 g/mol. The van der Waals surface area contributed by atoms with Crippen LogP contribution in [-0.4, -0.2) is 27.6 Å². The third kappa shape index (κ3) is 3.93. The summed E-state index contributed by atoms with van der Waals surface area (Å²) >= 11 is 1.78. The molecule has 0 saturated heterocycles. The van der Waals surface area contributed by atoms with Crippen LogP contribution in [0.2, 0.25) is 0 Å². The first-order valence-electron chi connectivity index (χ1n) is 10.4. The van der Waals surface area contributed by atoms with Gasteiger partial charge in [-0.3, -0.25) is 4.98 Å². The highest BCUT2D eigenvalue weighted by atomic mass is 32.1. The van der Waals surface area contributed by atoms with Crippen molar-refractivity contribution in [1.29, 1.82) is 0 Å². The Hall–Kier alpha value is -2.83. The van der Waals surface area contributed by atoms with Crippen molar-refractivity contribution >= 4 is 21.6 Å². The fourth-order valence-corrected chi connectivity index (χ4v) is 5.27. The van der Waals surface area contributed by atoms with E-state index in [0.29, 0.717) is 18.3 Å². The number of ether oxygens (including phenoxy) is 1. The lowest BCUT2D eigenvalue weighted by Crippen LogP contribution is -2.30. The van der Waals surface area contributed by atoms with Crippen molar-refractivity contribution in [1.82, 2.24) is 15.0 Å². The molecule has 0 fully saturated rings. The van der Waals surface area contributed by atoms with E-state index in [1.165, 1.54) is 28.8 Å². The Morgan fingerprint density at radius 3 is 2.63 bits per heavy atom. The molecule has 1 aromatic carbocycles. The number of nitrogens with zero attached hydrogens (tertiary/aromatic N) is 3. The summed E-state index contributed by atoms with van der Waals surface area (Å²) in [6.45, 7) is 0.418. The summed E-state index contributed by atoms with van der Waals surface area (Å²) in [7, 11) is 0. The van der Waals surface area contributed by atoms with Crippen LogP contribution in [0, 0.1) is 0 Å². The number of hydrogen-bond donors (Lipinski definition) is 1. The van der Waals surface area contributed by atoms with E-state index in [2.05, 4.69) is 17.1 Å². The molecule has 5 rings (SSSR count). The summed E-state index contributed by atoms with van der Waals surface area (Å²) in [5, 5.41) is 1.08. The number of hydrogen-bond acceptors (Lipinski definition) is 6. The van der Waals surface area contributed by atoms with E-state index in [9.17, 15) is 0 Å². The van der Waals surface area contributed by atoms with Gasteiger partial charge in [0.25, 0.3) is 0 Å². The second kappa shape index (κ2) is 8.50. The number of nitrogens with two attached hydrogens (primary N) is 1. The molecule has 1 aliphatic carbocycles. The number of thiophene rings is 1. The lowest BCUT2D eigenvalue weighted by molar-refractivity contribution is 0.280. The summed E-state index contributed by atoms with van der Waals surface area (Å²) in [6, 6.07) is 14.0. The number of pyridine rings is 1. The van der Waals surface area contributed by atoms with Crippen LogP contribution in [0.1, 0.15) is 28.8 Å². The average molecular weight is 417 g/mol. The van der Waals surface area contributed by atoms with Gasteiger partial charge >= 0.3 is 0 Å². The van der Waals surface area contributed by atoms with Crippen molar-refractivity contribution in [3.05, 3.63) is 70.9 Å². The first-order chi connectivity index (χ1) is 14.8. The van der Waals surface area contributed by atoms with E-state index >= 15 is 0 Å². The second-order valence-electron chi connectivity index (χ2n) is 7.74. The normalized spacial score (nSPS) is 14.4. The van der Waals surface area contributed by atoms with Gasteiger partial charge in [0.15, 0.2) is 5.82 Å². The van der Waals surface area contributed by atoms with E-state index in [1.807, 2.05) is 30.3 Å². The SMILES string of the molecule is NC(COc1nc(-c2ccncc2)nc2sc3c(c12)CCCC3)Cc1ccccc1. The fourth-order valence-electron chi connectivity index (χ4n) is 4.02. The Morgan fingerprint density at radius 2 is 1.80 bits per heavy atom. The van der Waals surface area contributed by atoms with Gasteiger partial charge in [0.05, 0.1) is 5.39 Å². The van der Waals surface area contributed by atoms with Crippen molar-refractivity contribution in [2.24, 2.45) is 5.73 Å². The monoisotopic (exact) mass is 416 g/mol. The van der Waals surface area contributed by atoms with E-state index in [0.717, 1.165) is 35.0 Å². The molecule has 0 bridgehead atoms. The van der Waals surface area contributed by atoms with Gasteiger partial charge in [-0.15, -0.1) is 11.3 Å². The number of rotatable bonds is 6. The lowest BCUT2D eigenvalue weighted by atomic mass is 9.97. The molecule has 0 spiro atoms. The molecule has 30 heavy (non-hydrogen) atoms. The molecule has 1 unspecified atom stereocenters. The minimum absolute atomic E-state index is 0.101. The van der Waals surface area contributed by atoms with Crippen LogP contribution in [0.5, 0.6) is 5.88 Å². The summed E-state index contributed by atoms with van der Waals surface area (Å²) in [5.74, 6) is 1.34. The fraction of sp³-hybridized carbons (Fsp3) is 0.292. The maximum absolute atomic E-state index is 6.39. The van der Waals surface area contributed by atoms with Gasteiger partial charge in [0.1, 0.15) is 11.4 Å². The minimum atomic E-state index is -0.101. The Balaban J connectivity index is 1.48. The van der Waals surface area contributed by atoms with E-state index in [4.69, 9.17) is 20.4 Å². The molecule has 0 radical (unpaired) electrons. The summed E-state index contributed by atoms with van der Waals surface area (Å²) in [5.41, 5.74) is 9.91. The van der Waals surface area contributed by atoms with Crippen LogP contribution in [0.4, 0.5) is 0 Å². The van der Waals surface area contributed by atoms with Crippen LogP contribution in [0.3, 0.4) is 0 Å². The number of aryl methyl sites for hydroxylation is 2. The lowest BCUT2D eigenvalue weighted by Gasteiger charge is -2.15. The van der Waals surface area contributed by atoms with Crippen LogP contribution in [-0.2, 0) is 19.3 Å². The highest BCUT2D eigenvalue weighted by Crippen LogP contribution is 2.40. The van der Waals surface area contributed by atoms with Crippen molar-refractivity contribution in [2.45, 2.75) is 38.1 Å². The molecule has 1 atom stereocenters. The Bertz CT molecular complexity index is 1140. The molecule has 2 N–H and O–H groups in total. The zero-order valence-electron chi connectivity index (χ0n) is 16.8. The second-order valence-corrected chi connectivity index (χ2v) is 8.82. The number of fused-ring (bicyclic) bond motifs is 3. The maximum atomic E-state index is 6.39. The number of benzene rings is 1. The van der Waals surface area contributed by atoms with Gasteiger partial charge in [-0.2, -0.15) is 4.98 Å². The van der Waals surface area contributed by atoms with E-state index < -0.39 is 0 Å². The van der Waals surface area contributed by atoms with Gasteiger partial charge in [-0.05, 0) is 55.4 Å². The summed E-state index contributed by atoms with van der Waals surface area (Å²) in [6.07, 6.45) is 8.93. The van der Waals surface area contributed by atoms with E-state index in [1.54, 1.807) is 23.7 Å². The Kier molecular flexibility index (Phi) is 5.43. The molecule has 0 amide bonds. The predicted molar refractivity (Wildman–Crippen MR) is 121 cm³/mol. The molecule has 4 aromatic rings. The van der Waals surface area contributed by atoms with Gasteiger partial charge < -0.3 is 10.5 Å². The zero-order chi connectivity index (χ0) is 20.3. The van der Waals surface area contributed by atoms with Gasteiger partial charge in [0, 0.05) is 28.9 Å². The Morgan fingerprint density at radius 1 is 1.00 bits per heavy atom. The molecule has 3 aromatic heterocycles. The molecular formula is C24H24N4OS. The van der Waals surface area contributed by atoms with Crippen LogP contribution in [0.25, 0.3) is 21.6 Å². The first-order valence-corrected chi connectivity index (χ1v) is 11.2. The molecule has 0 aliphatic heterocycles. The molecule has 3 heterocycles. The molecule has 152 valence electrons. The molecule has 6 heteroatoms. The van der Waals surface area contributed by atoms with Gasteiger partial charge in [-0.1, -0.05) is 30.3 Å². The standard InChI is InChI=1S/C24H24N4OS/c25-18(14-16-6-2-1-3-7-16)15-29-23-21-19-8-4-5-9-20(19)30-24(21)28-22(27-23)17-10-12-26-13-11-17/h1-3,6-7,10-13,18H,4-5,8-9,14-15,25H2. The van der Waals surface area contributed by atoms with E-state index in [-0.39, 0.29) is 6.04 Å². The topological polar surface area (TPSA) is 73.9 Å². The third-order valence-corrected chi connectivity index (χ3v) is 6.68. The summed E-state index contributed by atoms with van der Waals surface area (Å²) < 4.78 is 6.25. The van der Waals surface area contributed by atoms with Gasteiger partial charge in [-0.25, -0.2) is 4.98 Å². The first kappa shape index (κ1) is 19.2. The summed E-state index contributed by atoms with van der Waals surface area (Å²) in [4.78, 5) is 16.2. The van der Waals surface area contributed by atoms with Crippen LogP contribution < -0.4 is 10.5 Å². The number of aromatic nitrogens is 3. The van der Waals surface area contributed by atoms with Crippen molar-refractivity contribution in [3.63, 3.8) is 0 Å². The zero-order valence-corrected chi connectivity index (χ0v) is 17.6. The van der Waals surface area contributed by atoms with Crippen LogP contribution in [0.15, 0.2) is 54.9 Å². The average Bonchev–Trinajstić information content (AvgIpc) is 3.17. The third-order valence-electron chi connectivity index (χ3n) is 5.49. The predicted octanol–water partition coefficient (Wildman–Crippen LogP) is 4.58. The highest BCUT2D eigenvalue weighted by molar-refractivity contribution is 7.18. The molecule has 5 nitrogen and oxygen atoms in total. The largest absolute Gasteiger partial charge is 0.475 e. The maximum Gasteiger partial charge on any atom is 0.226 e. The van der Waals surface area contributed by atoms with Crippen LogP contribution >= 0.6 is 11.3 Å².